The number of morpholine rings is 1. The molecule has 2 aliphatic rings. The molecule has 5 heterocycles. The van der Waals surface area contributed by atoms with Crippen molar-refractivity contribution in [3.8, 4) is 5.69 Å². The Bertz CT molecular complexity index is 1510. The molecule has 0 aliphatic carbocycles. The fourth-order valence-electron chi connectivity index (χ4n) is 5.13. The number of halogens is 2. The number of aliphatic hydroxyl groups is 1. The Labute approximate surface area is 235 Å². The number of pyridine rings is 1. The van der Waals surface area contributed by atoms with E-state index in [1.165, 1.54) is 4.90 Å². The van der Waals surface area contributed by atoms with Crippen LogP contribution >= 0.6 is 0 Å². The molecule has 2 N–H and O–H groups in total. The van der Waals surface area contributed by atoms with Crippen molar-refractivity contribution >= 4 is 34.4 Å². The van der Waals surface area contributed by atoms with Crippen molar-refractivity contribution in [3.05, 3.63) is 66.1 Å². The van der Waals surface area contributed by atoms with E-state index in [1.807, 2.05) is 12.1 Å². The molecule has 0 bridgehead atoms. The minimum Gasteiger partial charge on any atom is -0.395 e. The summed E-state index contributed by atoms with van der Waals surface area (Å²) in [6.07, 6.45) is 4.98. The summed E-state index contributed by atoms with van der Waals surface area (Å²) in [6, 6.07) is 7.84. The zero-order valence-corrected chi connectivity index (χ0v) is 22.3. The van der Waals surface area contributed by atoms with Gasteiger partial charge in [0.15, 0.2) is 0 Å². The van der Waals surface area contributed by atoms with Crippen LogP contribution in [-0.2, 0) is 4.74 Å². The van der Waals surface area contributed by atoms with E-state index < -0.39 is 23.1 Å². The van der Waals surface area contributed by atoms with Crippen LogP contribution in [-0.4, -0.2) is 106 Å². The highest BCUT2D eigenvalue weighted by atomic mass is 19.1. The second-order valence-electron chi connectivity index (χ2n) is 9.93. The number of β-amino-alcohol motifs (C(OH)–C–C–N with tert-alkyl or cyclic N) is 1. The van der Waals surface area contributed by atoms with Crippen LogP contribution in [0.5, 0.6) is 0 Å². The van der Waals surface area contributed by atoms with Crippen molar-refractivity contribution in [1.29, 1.82) is 0 Å². The van der Waals surface area contributed by atoms with E-state index in [0.717, 1.165) is 44.1 Å². The zero-order chi connectivity index (χ0) is 28.3. The van der Waals surface area contributed by atoms with Crippen LogP contribution < -0.4 is 10.2 Å². The molecule has 0 atom stereocenters. The normalized spacial score (nSPS) is 16.4. The second-order valence-corrected chi connectivity index (χ2v) is 9.93. The standard InChI is InChI=1S/C28H30F2N8O3/c29-22-15-21(16-23(30)25(22)27(40)37-10-13-41-14-11-37)38-4-3-19-17-32-28(34-26(19)38)33-20-1-2-24(31-18-20)36-7-5-35(6-8-36)9-12-39/h1-4,15-18,39H,5-14H2,(H,32,33,34). The predicted octanol–water partition coefficient (Wildman–Crippen LogP) is 2.42. The number of hydrogen-bond acceptors (Lipinski definition) is 9. The number of benzene rings is 1. The summed E-state index contributed by atoms with van der Waals surface area (Å²) >= 11 is 0. The van der Waals surface area contributed by atoms with Crippen molar-refractivity contribution in [2.75, 3.05) is 75.9 Å². The number of nitrogens with zero attached hydrogens (tertiary/aromatic N) is 7. The van der Waals surface area contributed by atoms with Crippen molar-refractivity contribution in [2.45, 2.75) is 0 Å². The van der Waals surface area contributed by atoms with Gasteiger partial charge in [0, 0.05) is 63.6 Å². The van der Waals surface area contributed by atoms with E-state index >= 15 is 8.78 Å². The highest BCUT2D eigenvalue weighted by molar-refractivity contribution is 5.95. The molecule has 4 aromatic rings. The Morgan fingerprint density at radius 2 is 1.73 bits per heavy atom. The molecule has 2 saturated heterocycles. The SMILES string of the molecule is O=C(c1c(F)cc(-n2ccc3cnc(Nc4ccc(N5CCN(CCO)CC5)nc4)nc32)cc1F)N1CCOCC1. The first-order chi connectivity index (χ1) is 20.0. The Hall–Kier alpha value is -4.20. The number of nitrogens with one attached hydrogen (secondary N) is 1. The maximum absolute atomic E-state index is 15.1. The minimum atomic E-state index is -0.938. The molecule has 0 saturated carbocycles. The molecule has 1 aromatic carbocycles. The summed E-state index contributed by atoms with van der Waals surface area (Å²) in [6.45, 7) is 5.50. The number of anilines is 3. The van der Waals surface area contributed by atoms with E-state index in [9.17, 15) is 4.79 Å². The van der Waals surface area contributed by atoms with Crippen molar-refractivity contribution in [1.82, 2.24) is 29.3 Å². The molecule has 214 valence electrons. The van der Waals surface area contributed by atoms with Gasteiger partial charge in [-0.25, -0.2) is 18.7 Å². The Morgan fingerprint density at radius 3 is 2.41 bits per heavy atom. The average molecular weight is 565 g/mol. The average Bonchev–Trinajstić information content (AvgIpc) is 3.42. The van der Waals surface area contributed by atoms with Crippen LogP contribution in [0.25, 0.3) is 16.7 Å². The van der Waals surface area contributed by atoms with Crippen LogP contribution in [0.3, 0.4) is 0 Å². The lowest BCUT2D eigenvalue weighted by molar-refractivity contribution is 0.0296. The smallest absolute Gasteiger partial charge is 0.259 e. The van der Waals surface area contributed by atoms with Gasteiger partial charge in [-0.05, 0) is 30.3 Å². The van der Waals surface area contributed by atoms with Crippen LogP contribution in [0, 0.1) is 11.6 Å². The van der Waals surface area contributed by atoms with Crippen molar-refractivity contribution in [3.63, 3.8) is 0 Å². The Balaban J connectivity index is 1.19. The lowest BCUT2D eigenvalue weighted by atomic mass is 10.1. The van der Waals surface area contributed by atoms with E-state index in [2.05, 4.69) is 30.1 Å². The summed E-state index contributed by atoms with van der Waals surface area (Å²) in [5, 5.41) is 13.0. The molecule has 0 spiro atoms. The highest BCUT2D eigenvalue weighted by Crippen LogP contribution is 2.25. The highest BCUT2D eigenvalue weighted by Gasteiger charge is 2.26. The summed E-state index contributed by atoms with van der Waals surface area (Å²) in [7, 11) is 0. The molecular formula is C28H30F2N8O3. The quantitative estimate of drug-likeness (QED) is 0.350. The fourth-order valence-corrected chi connectivity index (χ4v) is 5.13. The van der Waals surface area contributed by atoms with Crippen molar-refractivity contribution in [2.24, 2.45) is 0 Å². The topological polar surface area (TPSA) is 112 Å². The fraction of sp³-hybridized carbons (Fsp3) is 0.357. The first-order valence-corrected chi connectivity index (χ1v) is 13.5. The van der Waals surface area contributed by atoms with Gasteiger partial charge >= 0.3 is 0 Å². The summed E-state index contributed by atoms with van der Waals surface area (Å²) in [5.74, 6) is -1.41. The van der Waals surface area contributed by atoms with Crippen LogP contribution in [0.15, 0.2) is 48.9 Å². The first-order valence-electron chi connectivity index (χ1n) is 13.5. The van der Waals surface area contributed by atoms with Crippen LogP contribution in [0.4, 0.5) is 26.2 Å². The van der Waals surface area contributed by atoms with E-state index in [1.54, 1.807) is 29.2 Å². The van der Waals surface area contributed by atoms with E-state index in [4.69, 9.17) is 9.84 Å². The number of carbonyl (C=O) groups is 1. The Kier molecular flexibility index (Phi) is 7.72. The first kappa shape index (κ1) is 27.0. The van der Waals surface area contributed by atoms with Gasteiger partial charge in [0.25, 0.3) is 5.91 Å². The molecule has 13 heteroatoms. The Morgan fingerprint density at radius 1 is 0.976 bits per heavy atom. The third-order valence-electron chi connectivity index (χ3n) is 7.36. The third kappa shape index (κ3) is 5.69. The maximum Gasteiger partial charge on any atom is 0.259 e. The second kappa shape index (κ2) is 11.7. The number of carbonyl (C=O) groups excluding carboxylic acids is 1. The lowest BCUT2D eigenvalue weighted by Gasteiger charge is -2.35. The van der Waals surface area contributed by atoms with Gasteiger partial charge < -0.3 is 29.5 Å². The van der Waals surface area contributed by atoms with Gasteiger partial charge in [-0.15, -0.1) is 0 Å². The summed E-state index contributed by atoms with van der Waals surface area (Å²) < 4.78 is 37.0. The molecule has 11 nitrogen and oxygen atoms in total. The molecule has 6 rings (SSSR count). The van der Waals surface area contributed by atoms with Gasteiger partial charge in [0.05, 0.1) is 37.4 Å². The van der Waals surface area contributed by atoms with Gasteiger partial charge in [0.1, 0.15) is 28.7 Å². The van der Waals surface area contributed by atoms with E-state index in [0.29, 0.717) is 42.4 Å². The van der Waals surface area contributed by atoms with Gasteiger partial charge in [-0.2, -0.15) is 4.98 Å². The van der Waals surface area contributed by atoms with Crippen molar-refractivity contribution < 1.29 is 23.4 Å². The number of hydrogen-bond donors (Lipinski definition) is 2. The summed E-state index contributed by atoms with van der Waals surface area (Å²) in [4.78, 5) is 32.1. The number of piperazine rings is 1. The minimum absolute atomic E-state index is 0.160. The number of aliphatic hydroxyl groups excluding tert-OH is 1. The van der Waals surface area contributed by atoms with Gasteiger partial charge in [0.2, 0.25) is 5.95 Å². The number of aromatic nitrogens is 4. The third-order valence-corrected chi connectivity index (χ3v) is 7.36. The number of fused-ring (bicyclic) bond motifs is 1. The number of rotatable bonds is 7. The molecule has 0 unspecified atom stereocenters. The molecule has 0 radical (unpaired) electrons. The molecule has 3 aromatic heterocycles. The monoisotopic (exact) mass is 564 g/mol. The van der Waals surface area contributed by atoms with E-state index in [-0.39, 0.29) is 25.4 Å². The maximum atomic E-state index is 15.1. The van der Waals surface area contributed by atoms with Gasteiger partial charge in [-0.3, -0.25) is 9.69 Å². The zero-order valence-electron chi connectivity index (χ0n) is 22.3. The molecule has 2 aliphatic heterocycles. The molecule has 41 heavy (non-hydrogen) atoms. The van der Waals surface area contributed by atoms with Gasteiger partial charge in [-0.1, -0.05) is 0 Å². The molecule has 1 amide bonds. The van der Waals surface area contributed by atoms with Crippen LogP contribution in [0.2, 0.25) is 0 Å². The molecule has 2 fully saturated rings. The predicted molar refractivity (Wildman–Crippen MR) is 149 cm³/mol. The summed E-state index contributed by atoms with van der Waals surface area (Å²) in [5.41, 5.74) is 0.752. The number of amides is 1. The largest absolute Gasteiger partial charge is 0.395 e. The molecular weight excluding hydrogens is 534 g/mol. The van der Waals surface area contributed by atoms with Crippen LogP contribution in [0.1, 0.15) is 10.4 Å². The number of ether oxygens (including phenoxy) is 1. The lowest BCUT2D eigenvalue weighted by Crippen LogP contribution is -2.47.